The summed E-state index contributed by atoms with van der Waals surface area (Å²) in [7, 11) is 0. The van der Waals surface area contributed by atoms with Crippen LogP contribution in [0.25, 0.3) is 22.3 Å². The van der Waals surface area contributed by atoms with Gasteiger partial charge in [-0.05, 0) is 12.5 Å². The van der Waals surface area contributed by atoms with Gasteiger partial charge in [-0.1, -0.05) is 67.2 Å². The van der Waals surface area contributed by atoms with Crippen LogP contribution in [0.1, 0.15) is 13.3 Å². The molecule has 1 heterocycles. The standard InChI is InChI=1S/C19H19N3OS/c1-2-12-20-17(23)13-24-19-15-10-6-7-11-16(15)21-18(22-19)14-8-4-3-5-9-14/h3-11H,2,12-13H2,1H3,(H,20,23). The van der Waals surface area contributed by atoms with E-state index >= 15 is 0 Å². The van der Waals surface area contributed by atoms with E-state index in [9.17, 15) is 4.79 Å². The molecule has 0 fully saturated rings. The minimum absolute atomic E-state index is 0.0332. The highest BCUT2D eigenvalue weighted by Gasteiger charge is 2.11. The summed E-state index contributed by atoms with van der Waals surface area (Å²) < 4.78 is 0. The SMILES string of the molecule is CCCNC(=O)CSc1nc(-c2ccccc2)nc2ccccc12. The van der Waals surface area contributed by atoms with Crippen molar-refractivity contribution in [2.24, 2.45) is 0 Å². The normalized spacial score (nSPS) is 10.7. The Balaban J connectivity index is 1.92. The molecule has 0 saturated carbocycles. The van der Waals surface area contributed by atoms with Crippen LogP contribution in [0.4, 0.5) is 0 Å². The number of nitrogens with zero attached hydrogens (tertiary/aromatic N) is 2. The molecule has 1 aromatic heterocycles. The smallest absolute Gasteiger partial charge is 0.230 e. The molecule has 5 heteroatoms. The first-order valence-electron chi connectivity index (χ1n) is 7.99. The average molecular weight is 337 g/mol. The van der Waals surface area contributed by atoms with E-state index in [0.29, 0.717) is 18.1 Å². The molecular formula is C19H19N3OS. The Morgan fingerprint density at radius 2 is 1.79 bits per heavy atom. The second-order valence-electron chi connectivity index (χ2n) is 5.37. The molecule has 122 valence electrons. The highest BCUT2D eigenvalue weighted by Crippen LogP contribution is 2.28. The maximum atomic E-state index is 11.9. The van der Waals surface area contributed by atoms with Crippen molar-refractivity contribution in [2.75, 3.05) is 12.3 Å². The van der Waals surface area contributed by atoms with Gasteiger partial charge in [0.1, 0.15) is 5.03 Å². The zero-order valence-corrected chi connectivity index (χ0v) is 14.3. The molecule has 4 nitrogen and oxygen atoms in total. The number of nitrogens with one attached hydrogen (secondary N) is 1. The predicted octanol–water partition coefficient (Wildman–Crippen LogP) is 3.92. The first kappa shape index (κ1) is 16.5. The molecule has 0 aliphatic rings. The van der Waals surface area contributed by atoms with Crippen LogP contribution in [0.15, 0.2) is 59.6 Å². The Morgan fingerprint density at radius 3 is 2.58 bits per heavy atom. The van der Waals surface area contributed by atoms with Crippen LogP contribution in [0.2, 0.25) is 0 Å². The Hall–Kier alpha value is -2.40. The number of hydrogen-bond donors (Lipinski definition) is 1. The molecule has 3 aromatic rings. The summed E-state index contributed by atoms with van der Waals surface area (Å²) >= 11 is 1.45. The Bertz CT molecular complexity index is 836. The Morgan fingerprint density at radius 1 is 1.04 bits per heavy atom. The number of amides is 1. The molecule has 0 radical (unpaired) electrons. The number of carbonyl (C=O) groups excluding carboxylic acids is 1. The second-order valence-corrected chi connectivity index (χ2v) is 6.34. The number of para-hydroxylation sites is 1. The number of benzene rings is 2. The lowest BCUT2D eigenvalue weighted by Crippen LogP contribution is -2.25. The fourth-order valence-corrected chi connectivity index (χ4v) is 3.17. The van der Waals surface area contributed by atoms with Crippen LogP contribution in [-0.4, -0.2) is 28.2 Å². The molecule has 0 unspecified atom stereocenters. The van der Waals surface area contributed by atoms with Gasteiger partial charge in [0.15, 0.2) is 5.82 Å². The van der Waals surface area contributed by atoms with E-state index in [1.807, 2.05) is 61.5 Å². The molecule has 0 atom stereocenters. The van der Waals surface area contributed by atoms with Gasteiger partial charge < -0.3 is 5.32 Å². The largest absolute Gasteiger partial charge is 0.355 e. The highest BCUT2D eigenvalue weighted by atomic mass is 32.2. The third-order valence-corrected chi connectivity index (χ3v) is 4.50. The van der Waals surface area contributed by atoms with Crippen molar-refractivity contribution in [1.82, 2.24) is 15.3 Å². The van der Waals surface area contributed by atoms with Crippen molar-refractivity contribution in [3.63, 3.8) is 0 Å². The first-order valence-corrected chi connectivity index (χ1v) is 8.98. The van der Waals surface area contributed by atoms with Gasteiger partial charge in [-0.15, -0.1) is 0 Å². The maximum Gasteiger partial charge on any atom is 0.230 e. The molecule has 1 amide bonds. The van der Waals surface area contributed by atoms with Gasteiger partial charge in [-0.3, -0.25) is 4.79 Å². The van der Waals surface area contributed by atoms with Crippen molar-refractivity contribution >= 4 is 28.6 Å². The minimum Gasteiger partial charge on any atom is -0.355 e. The lowest BCUT2D eigenvalue weighted by atomic mass is 10.2. The molecule has 2 aromatic carbocycles. The first-order chi connectivity index (χ1) is 11.8. The van der Waals surface area contributed by atoms with E-state index in [1.165, 1.54) is 11.8 Å². The van der Waals surface area contributed by atoms with Crippen molar-refractivity contribution in [3.8, 4) is 11.4 Å². The summed E-state index contributed by atoms with van der Waals surface area (Å²) in [6.45, 7) is 2.75. The van der Waals surface area contributed by atoms with E-state index in [0.717, 1.165) is 27.9 Å². The molecular weight excluding hydrogens is 318 g/mol. The van der Waals surface area contributed by atoms with Gasteiger partial charge in [0.2, 0.25) is 5.91 Å². The molecule has 3 rings (SSSR count). The molecule has 0 aliphatic heterocycles. The topological polar surface area (TPSA) is 54.9 Å². The van der Waals surface area contributed by atoms with Gasteiger partial charge >= 0.3 is 0 Å². The third-order valence-electron chi connectivity index (χ3n) is 3.51. The zero-order valence-electron chi connectivity index (χ0n) is 13.5. The van der Waals surface area contributed by atoms with Crippen molar-refractivity contribution in [2.45, 2.75) is 18.4 Å². The predicted molar refractivity (Wildman–Crippen MR) is 99.0 cm³/mol. The fourth-order valence-electron chi connectivity index (χ4n) is 2.32. The van der Waals surface area contributed by atoms with E-state index in [1.54, 1.807) is 0 Å². The second kappa shape index (κ2) is 7.93. The summed E-state index contributed by atoms with van der Waals surface area (Å²) in [5, 5.41) is 4.71. The molecule has 0 bridgehead atoms. The Labute approximate surface area is 145 Å². The van der Waals surface area contributed by atoms with Crippen LogP contribution in [0, 0.1) is 0 Å². The number of hydrogen-bond acceptors (Lipinski definition) is 4. The van der Waals surface area contributed by atoms with E-state index in [-0.39, 0.29) is 5.91 Å². The van der Waals surface area contributed by atoms with Gasteiger partial charge in [0, 0.05) is 17.5 Å². The lowest BCUT2D eigenvalue weighted by Gasteiger charge is -2.09. The number of aromatic nitrogens is 2. The fraction of sp³-hybridized carbons (Fsp3) is 0.211. The number of thioether (sulfide) groups is 1. The summed E-state index contributed by atoms with van der Waals surface area (Å²) in [4.78, 5) is 21.2. The monoisotopic (exact) mass is 337 g/mol. The summed E-state index contributed by atoms with van der Waals surface area (Å²) in [6.07, 6.45) is 0.936. The maximum absolute atomic E-state index is 11.9. The Kier molecular flexibility index (Phi) is 5.43. The van der Waals surface area contributed by atoms with E-state index in [2.05, 4.69) is 10.3 Å². The van der Waals surface area contributed by atoms with Gasteiger partial charge in [0.25, 0.3) is 0 Å². The lowest BCUT2D eigenvalue weighted by molar-refractivity contribution is -0.118. The van der Waals surface area contributed by atoms with Crippen molar-refractivity contribution in [3.05, 3.63) is 54.6 Å². The molecule has 24 heavy (non-hydrogen) atoms. The zero-order chi connectivity index (χ0) is 16.8. The molecule has 0 aliphatic carbocycles. The molecule has 0 saturated heterocycles. The highest BCUT2D eigenvalue weighted by molar-refractivity contribution is 8.00. The van der Waals surface area contributed by atoms with E-state index in [4.69, 9.17) is 4.98 Å². The van der Waals surface area contributed by atoms with Gasteiger partial charge in [-0.2, -0.15) is 0 Å². The van der Waals surface area contributed by atoms with Gasteiger partial charge in [-0.25, -0.2) is 9.97 Å². The average Bonchev–Trinajstić information content (AvgIpc) is 2.65. The van der Waals surface area contributed by atoms with Crippen LogP contribution in [0.5, 0.6) is 0 Å². The van der Waals surface area contributed by atoms with Crippen LogP contribution in [-0.2, 0) is 4.79 Å². The number of fused-ring (bicyclic) bond motifs is 1. The van der Waals surface area contributed by atoms with Crippen LogP contribution >= 0.6 is 11.8 Å². The summed E-state index contributed by atoms with van der Waals surface area (Å²) in [6, 6.07) is 17.8. The number of rotatable bonds is 6. The van der Waals surface area contributed by atoms with Crippen molar-refractivity contribution in [1.29, 1.82) is 0 Å². The van der Waals surface area contributed by atoms with Crippen LogP contribution in [0.3, 0.4) is 0 Å². The minimum atomic E-state index is 0.0332. The quantitative estimate of drug-likeness (QED) is 0.547. The van der Waals surface area contributed by atoms with E-state index < -0.39 is 0 Å². The molecule has 1 N–H and O–H groups in total. The van der Waals surface area contributed by atoms with Gasteiger partial charge in [0.05, 0.1) is 11.3 Å². The summed E-state index contributed by atoms with van der Waals surface area (Å²) in [5.41, 5.74) is 1.86. The van der Waals surface area contributed by atoms with Crippen molar-refractivity contribution < 1.29 is 4.79 Å². The van der Waals surface area contributed by atoms with Crippen LogP contribution < -0.4 is 5.32 Å². The molecule has 0 spiro atoms. The third kappa shape index (κ3) is 3.92. The summed E-state index contributed by atoms with van der Waals surface area (Å²) in [5.74, 6) is 1.08. The number of carbonyl (C=O) groups is 1.